The van der Waals surface area contributed by atoms with Gasteiger partial charge in [0.05, 0.1) is 15.6 Å². The van der Waals surface area contributed by atoms with E-state index in [9.17, 15) is 9.59 Å². The molecule has 0 bridgehead atoms. The molecule has 94 valence electrons. The number of carbonyl (C=O) groups is 1. The summed E-state index contributed by atoms with van der Waals surface area (Å²) >= 11 is 1.96. The number of aryl methyl sites for hydroxylation is 1. The van der Waals surface area contributed by atoms with Crippen molar-refractivity contribution < 1.29 is 4.79 Å². The summed E-state index contributed by atoms with van der Waals surface area (Å²) in [5.41, 5.74) is 0.542. The predicted molar refractivity (Wildman–Crippen MR) is 73.9 cm³/mol. The van der Waals surface area contributed by atoms with Crippen molar-refractivity contribution in [1.82, 2.24) is 14.5 Å². The number of rotatable bonds is 4. The minimum absolute atomic E-state index is 0.0569. The molecule has 0 radical (unpaired) electrons. The first-order valence-corrected chi connectivity index (χ1v) is 6.58. The highest BCUT2D eigenvalue weighted by atomic mass is 127. The van der Waals surface area contributed by atoms with Gasteiger partial charge in [0.2, 0.25) is 5.91 Å². The van der Waals surface area contributed by atoms with Gasteiger partial charge in [-0.15, -0.1) is 0 Å². The third kappa shape index (κ3) is 3.27. The molecule has 17 heavy (non-hydrogen) atoms. The Hall–Kier alpha value is -0.920. The van der Waals surface area contributed by atoms with Crippen LogP contribution in [-0.2, 0) is 11.3 Å². The van der Waals surface area contributed by atoms with Gasteiger partial charge in [-0.3, -0.25) is 14.2 Å². The van der Waals surface area contributed by atoms with E-state index >= 15 is 0 Å². The number of carbonyl (C=O) groups excluding carboxylic acids is 1. The monoisotopic (exact) mass is 349 g/mol. The first kappa shape index (κ1) is 14.1. The van der Waals surface area contributed by atoms with Gasteiger partial charge in [-0.1, -0.05) is 0 Å². The number of nitrogens with zero attached hydrogens (tertiary/aromatic N) is 3. The van der Waals surface area contributed by atoms with E-state index in [1.165, 1.54) is 10.9 Å². The van der Waals surface area contributed by atoms with Crippen LogP contribution in [0.15, 0.2) is 11.1 Å². The van der Waals surface area contributed by atoms with Gasteiger partial charge in [0.15, 0.2) is 0 Å². The number of likely N-dealkylation sites (N-methyl/N-ethyl adjacent to an activating group) is 1. The zero-order valence-corrected chi connectivity index (χ0v) is 12.4. The number of halogens is 1. The van der Waals surface area contributed by atoms with Crippen molar-refractivity contribution in [3.8, 4) is 0 Å². The van der Waals surface area contributed by atoms with Crippen molar-refractivity contribution in [3.63, 3.8) is 0 Å². The van der Waals surface area contributed by atoms with Crippen molar-refractivity contribution in [2.75, 3.05) is 13.1 Å². The standard InChI is InChI=1S/C11H16IN3O2/c1-4-14(5-2)9(16)6-15-7-13-8(3)10(12)11(15)17/h7H,4-6H2,1-3H3. The van der Waals surface area contributed by atoms with Gasteiger partial charge in [0, 0.05) is 13.1 Å². The largest absolute Gasteiger partial charge is 0.342 e. The highest BCUT2D eigenvalue weighted by Gasteiger charge is 2.12. The molecule has 5 nitrogen and oxygen atoms in total. The summed E-state index contributed by atoms with van der Waals surface area (Å²) in [4.78, 5) is 29.5. The van der Waals surface area contributed by atoms with Crippen LogP contribution in [0.5, 0.6) is 0 Å². The number of amides is 1. The van der Waals surface area contributed by atoms with E-state index in [1.54, 1.807) is 11.8 Å². The lowest BCUT2D eigenvalue weighted by molar-refractivity contribution is -0.131. The van der Waals surface area contributed by atoms with Gasteiger partial charge in [0.25, 0.3) is 5.56 Å². The molecule has 0 aliphatic heterocycles. The van der Waals surface area contributed by atoms with Gasteiger partial charge in [0.1, 0.15) is 6.54 Å². The minimum atomic E-state index is -0.154. The molecular weight excluding hydrogens is 333 g/mol. The summed E-state index contributed by atoms with van der Waals surface area (Å²) in [6.07, 6.45) is 1.43. The van der Waals surface area contributed by atoms with Crippen molar-refractivity contribution in [1.29, 1.82) is 0 Å². The molecule has 1 aromatic rings. The Morgan fingerprint density at radius 1 is 1.47 bits per heavy atom. The van der Waals surface area contributed by atoms with E-state index in [0.29, 0.717) is 22.4 Å². The highest BCUT2D eigenvalue weighted by molar-refractivity contribution is 14.1. The third-order valence-corrected chi connectivity index (χ3v) is 3.82. The summed E-state index contributed by atoms with van der Waals surface area (Å²) in [5.74, 6) is -0.0569. The zero-order valence-electron chi connectivity index (χ0n) is 10.2. The van der Waals surface area contributed by atoms with Crippen LogP contribution in [-0.4, -0.2) is 33.4 Å². The molecule has 0 atom stereocenters. The van der Waals surface area contributed by atoms with Gasteiger partial charge in [-0.25, -0.2) is 4.98 Å². The number of aromatic nitrogens is 2. The molecule has 0 unspecified atom stereocenters. The van der Waals surface area contributed by atoms with Crippen molar-refractivity contribution >= 4 is 28.5 Å². The molecule has 1 amide bonds. The second-order valence-corrected chi connectivity index (χ2v) is 4.72. The molecule has 0 fully saturated rings. The van der Waals surface area contributed by atoms with Gasteiger partial charge < -0.3 is 4.90 Å². The molecule has 1 aromatic heterocycles. The summed E-state index contributed by atoms with van der Waals surface area (Å²) in [6, 6.07) is 0. The van der Waals surface area contributed by atoms with Crippen LogP contribution in [0.4, 0.5) is 0 Å². The molecule has 0 spiro atoms. The predicted octanol–water partition coefficient (Wildman–Crippen LogP) is 1.02. The fourth-order valence-electron chi connectivity index (χ4n) is 1.48. The molecule has 6 heteroatoms. The lowest BCUT2D eigenvalue weighted by atomic mass is 10.4. The molecule has 1 heterocycles. The van der Waals surface area contributed by atoms with Crippen molar-refractivity contribution in [2.45, 2.75) is 27.3 Å². The Kier molecular flexibility index (Phi) is 5.10. The van der Waals surface area contributed by atoms with E-state index in [0.717, 1.165) is 0 Å². The highest BCUT2D eigenvalue weighted by Crippen LogP contribution is 2.01. The maximum atomic E-state index is 11.9. The van der Waals surface area contributed by atoms with Crippen LogP contribution in [0, 0.1) is 10.5 Å². The van der Waals surface area contributed by atoms with Crippen molar-refractivity contribution in [3.05, 3.63) is 25.9 Å². The minimum Gasteiger partial charge on any atom is -0.342 e. The Bertz CT molecular complexity index is 466. The number of hydrogen-bond acceptors (Lipinski definition) is 3. The fourth-order valence-corrected chi connectivity index (χ4v) is 1.93. The van der Waals surface area contributed by atoms with Crippen LogP contribution in [0.1, 0.15) is 19.5 Å². The van der Waals surface area contributed by atoms with Crippen LogP contribution in [0.3, 0.4) is 0 Å². The lowest BCUT2D eigenvalue weighted by Gasteiger charge is -2.19. The second kappa shape index (κ2) is 6.13. The first-order valence-electron chi connectivity index (χ1n) is 5.50. The van der Waals surface area contributed by atoms with Gasteiger partial charge in [-0.05, 0) is 43.4 Å². The summed E-state index contributed by atoms with van der Waals surface area (Å²) in [6.45, 7) is 6.98. The molecule has 1 rings (SSSR count). The SMILES string of the molecule is CCN(CC)C(=O)Cn1cnc(C)c(I)c1=O. The topological polar surface area (TPSA) is 55.2 Å². The Balaban J connectivity index is 2.93. The smallest absolute Gasteiger partial charge is 0.267 e. The average Bonchev–Trinajstić information content (AvgIpc) is 2.31. The lowest BCUT2D eigenvalue weighted by Crippen LogP contribution is -2.37. The summed E-state index contributed by atoms with van der Waals surface area (Å²) < 4.78 is 1.92. The molecule has 0 aliphatic carbocycles. The van der Waals surface area contributed by atoms with E-state index in [2.05, 4.69) is 4.98 Å². The Morgan fingerprint density at radius 2 is 2.06 bits per heavy atom. The first-order chi connectivity index (χ1) is 8.01. The van der Waals surface area contributed by atoms with Gasteiger partial charge in [-0.2, -0.15) is 0 Å². The van der Waals surface area contributed by atoms with Crippen LogP contribution in [0.2, 0.25) is 0 Å². The molecule has 0 aromatic carbocycles. The Morgan fingerprint density at radius 3 is 2.59 bits per heavy atom. The normalized spacial score (nSPS) is 10.4. The molecular formula is C11H16IN3O2. The van der Waals surface area contributed by atoms with E-state index in [1.807, 2.05) is 36.4 Å². The maximum Gasteiger partial charge on any atom is 0.267 e. The van der Waals surface area contributed by atoms with Gasteiger partial charge >= 0.3 is 0 Å². The van der Waals surface area contributed by atoms with E-state index in [-0.39, 0.29) is 18.0 Å². The van der Waals surface area contributed by atoms with Crippen LogP contribution >= 0.6 is 22.6 Å². The van der Waals surface area contributed by atoms with E-state index in [4.69, 9.17) is 0 Å². The maximum absolute atomic E-state index is 11.9. The molecule has 0 saturated heterocycles. The summed E-state index contributed by atoms with van der Waals surface area (Å²) in [7, 11) is 0. The second-order valence-electron chi connectivity index (χ2n) is 3.64. The van der Waals surface area contributed by atoms with E-state index < -0.39 is 0 Å². The molecule has 0 saturated carbocycles. The summed E-state index contributed by atoms with van der Waals surface area (Å²) in [5, 5.41) is 0. The van der Waals surface area contributed by atoms with Crippen LogP contribution < -0.4 is 5.56 Å². The zero-order chi connectivity index (χ0) is 13.0. The number of hydrogen-bond donors (Lipinski definition) is 0. The molecule has 0 N–H and O–H groups in total. The fraction of sp³-hybridized carbons (Fsp3) is 0.545. The van der Waals surface area contributed by atoms with Crippen molar-refractivity contribution in [2.24, 2.45) is 0 Å². The quantitative estimate of drug-likeness (QED) is 0.763. The third-order valence-electron chi connectivity index (χ3n) is 2.58. The average molecular weight is 349 g/mol. The Labute approximate surface area is 114 Å². The molecule has 0 aliphatic rings. The van der Waals surface area contributed by atoms with Crippen LogP contribution in [0.25, 0.3) is 0 Å².